The molecule has 0 saturated heterocycles. The number of amides is 2. The molecule has 0 aliphatic rings. The fourth-order valence-corrected chi connectivity index (χ4v) is 1.71. The number of aliphatic carboxylic acids is 1. The normalized spacial score (nSPS) is 11.8. The van der Waals surface area contributed by atoms with Gasteiger partial charge in [0, 0.05) is 6.04 Å². The molecule has 1 atom stereocenters. The Morgan fingerprint density at radius 1 is 1.38 bits per heavy atom. The number of rotatable bonds is 7. The van der Waals surface area contributed by atoms with Crippen molar-refractivity contribution in [3.63, 3.8) is 0 Å². The smallest absolute Gasteiger partial charge is 0.341 e. The molecule has 2 amide bonds. The second-order valence-corrected chi connectivity index (χ2v) is 5.26. The Kier molecular flexibility index (Phi) is 7.70. The Morgan fingerprint density at radius 3 is 2.67 bits per heavy atom. The zero-order chi connectivity index (χ0) is 18.1. The van der Waals surface area contributed by atoms with Crippen molar-refractivity contribution >= 4 is 35.6 Å². The summed E-state index contributed by atoms with van der Waals surface area (Å²) in [6.45, 7) is 3.16. The Bertz CT molecular complexity index is 648. The van der Waals surface area contributed by atoms with Gasteiger partial charge in [0.2, 0.25) is 0 Å². The lowest BCUT2D eigenvalue weighted by atomic mass is 10.2. The zero-order valence-corrected chi connectivity index (χ0v) is 14.0. The van der Waals surface area contributed by atoms with Gasteiger partial charge in [-0.1, -0.05) is 18.5 Å². The first-order valence-corrected chi connectivity index (χ1v) is 7.49. The van der Waals surface area contributed by atoms with Gasteiger partial charge in [0.05, 0.1) is 11.2 Å². The highest BCUT2D eigenvalue weighted by molar-refractivity contribution is 6.35. The number of carbonyl (C=O) groups is 3. The standard InChI is InChI=1S/C15H18ClN3O5/c1-3-9(2)18-14(22)15(23)19-17-7-10-4-5-12(11(16)6-10)24-8-13(20)21/h4-7,9H,3,8H2,1-2H3,(H,18,22)(H,19,23)(H,20,21)/b17-7-/t9-/m0/s1. The zero-order valence-electron chi connectivity index (χ0n) is 13.2. The maximum absolute atomic E-state index is 11.5. The summed E-state index contributed by atoms with van der Waals surface area (Å²) in [4.78, 5) is 33.4. The summed E-state index contributed by atoms with van der Waals surface area (Å²) in [7, 11) is 0. The lowest BCUT2D eigenvalue weighted by molar-refractivity contribution is -0.139. The van der Waals surface area contributed by atoms with Crippen LogP contribution in [-0.4, -0.2) is 41.8 Å². The first-order chi connectivity index (χ1) is 11.3. The number of nitrogens with zero attached hydrogens (tertiary/aromatic N) is 1. The number of hydrazone groups is 1. The largest absolute Gasteiger partial charge is 0.480 e. The average molecular weight is 356 g/mol. The molecule has 0 aromatic heterocycles. The van der Waals surface area contributed by atoms with Crippen LogP contribution in [0.4, 0.5) is 0 Å². The summed E-state index contributed by atoms with van der Waals surface area (Å²) in [6, 6.07) is 4.42. The van der Waals surface area contributed by atoms with Gasteiger partial charge in [-0.25, -0.2) is 10.2 Å². The number of nitrogens with one attached hydrogen (secondary N) is 2. The number of carbonyl (C=O) groups excluding carboxylic acids is 2. The van der Waals surface area contributed by atoms with Gasteiger partial charge in [0.1, 0.15) is 5.75 Å². The third kappa shape index (κ3) is 6.66. The molecule has 1 rings (SSSR count). The summed E-state index contributed by atoms with van der Waals surface area (Å²) < 4.78 is 4.98. The molecule has 8 nitrogen and oxygen atoms in total. The Balaban J connectivity index is 2.58. The van der Waals surface area contributed by atoms with Crippen molar-refractivity contribution in [2.24, 2.45) is 5.10 Å². The van der Waals surface area contributed by atoms with E-state index < -0.39 is 24.4 Å². The van der Waals surface area contributed by atoms with Crippen LogP contribution < -0.4 is 15.5 Å². The van der Waals surface area contributed by atoms with Crippen LogP contribution in [0.15, 0.2) is 23.3 Å². The van der Waals surface area contributed by atoms with E-state index in [9.17, 15) is 14.4 Å². The fraction of sp³-hybridized carbons (Fsp3) is 0.333. The van der Waals surface area contributed by atoms with E-state index in [2.05, 4.69) is 15.8 Å². The number of carboxylic acid groups (broad SMARTS) is 1. The number of benzene rings is 1. The average Bonchev–Trinajstić information content (AvgIpc) is 2.53. The molecule has 0 bridgehead atoms. The van der Waals surface area contributed by atoms with Crippen molar-refractivity contribution in [3.05, 3.63) is 28.8 Å². The monoisotopic (exact) mass is 355 g/mol. The quantitative estimate of drug-likeness (QED) is 0.385. The SMILES string of the molecule is CC[C@H](C)NC(=O)C(=O)N/N=C\c1ccc(OCC(=O)O)c(Cl)c1. The van der Waals surface area contributed by atoms with Crippen molar-refractivity contribution in [2.75, 3.05) is 6.61 Å². The molecule has 0 aliphatic heterocycles. The number of carboxylic acids is 1. The topological polar surface area (TPSA) is 117 Å². The highest BCUT2D eigenvalue weighted by Gasteiger charge is 2.14. The number of hydrogen-bond donors (Lipinski definition) is 3. The van der Waals surface area contributed by atoms with E-state index in [1.165, 1.54) is 18.3 Å². The predicted molar refractivity (Wildman–Crippen MR) is 88.2 cm³/mol. The third-order valence-corrected chi connectivity index (χ3v) is 3.18. The summed E-state index contributed by atoms with van der Waals surface area (Å²) in [6.07, 6.45) is 2.00. The van der Waals surface area contributed by atoms with E-state index in [4.69, 9.17) is 21.4 Å². The van der Waals surface area contributed by atoms with E-state index in [0.29, 0.717) is 12.0 Å². The molecule has 9 heteroatoms. The Hall–Kier alpha value is -2.61. The minimum atomic E-state index is -1.12. The first kappa shape index (κ1) is 19.4. The molecule has 0 heterocycles. The molecule has 24 heavy (non-hydrogen) atoms. The number of hydrogen-bond acceptors (Lipinski definition) is 5. The fourth-order valence-electron chi connectivity index (χ4n) is 1.46. The van der Waals surface area contributed by atoms with Crippen molar-refractivity contribution < 1.29 is 24.2 Å². The summed E-state index contributed by atoms with van der Waals surface area (Å²) in [5.41, 5.74) is 2.63. The molecule has 0 spiro atoms. The maximum atomic E-state index is 11.5. The molecule has 0 aliphatic carbocycles. The minimum Gasteiger partial charge on any atom is -0.480 e. The van der Waals surface area contributed by atoms with E-state index in [-0.39, 0.29) is 16.8 Å². The molecular weight excluding hydrogens is 338 g/mol. The minimum absolute atomic E-state index is 0.107. The van der Waals surface area contributed by atoms with Crippen LogP contribution in [0.5, 0.6) is 5.75 Å². The van der Waals surface area contributed by atoms with Gasteiger partial charge < -0.3 is 15.2 Å². The molecular formula is C15H18ClN3O5. The molecule has 130 valence electrons. The van der Waals surface area contributed by atoms with E-state index in [1.807, 2.05) is 6.92 Å². The van der Waals surface area contributed by atoms with Crippen LogP contribution in [0, 0.1) is 0 Å². The molecule has 0 unspecified atom stereocenters. The Labute approximate surface area is 143 Å². The van der Waals surface area contributed by atoms with Gasteiger partial charge in [-0.05, 0) is 37.1 Å². The second kappa shape index (κ2) is 9.51. The van der Waals surface area contributed by atoms with Crippen molar-refractivity contribution in [1.82, 2.24) is 10.7 Å². The van der Waals surface area contributed by atoms with Crippen LogP contribution in [-0.2, 0) is 14.4 Å². The third-order valence-electron chi connectivity index (χ3n) is 2.88. The van der Waals surface area contributed by atoms with Crippen LogP contribution >= 0.6 is 11.6 Å². The van der Waals surface area contributed by atoms with Gasteiger partial charge in [0.15, 0.2) is 6.61 Å². The van der Waals surface area contributed by atoms with Crippen LogP contribution in [0.2, 0.25) is 5.02 Å². The predicted octanol–water partition coefficient (Wildman–Crippen LogP) is 1.17. The Morgan fingerprint density at radius 2 is 2.08 bits per heavy atom. The van der Waals surface area contributed by atoms with Gasteiger partial charge in [-0.15, -0.1) is 0 Å². The molecule has 0 saturated carbocycles. The van der Waals surface area contributed by atoms with Gasteiger partial charge in [-0.2, -0.15) is 5.10 Å². The number of halogens is 1. The summed E-state index contributed by atoms with van der Waals surface area (Å²) >= 11 is 5.95. The first-order valence-electron chi connectivity index (χ1n) is 7.11. The van der Waals surface area contributed by atoms with Crippen molar-refractivity contribution in [2.45, 2.75) is 26.3 Å². The van der Waals surface area contributed by atoms with Crippen LogP contribution in [0.3, 0.4) is 0 Å². The maximum Gasteiger partial charge on any atom is 0.341 e. The molecule has 1 aromatic rings. The lowest BCUT2D eigenvalue weighted by Gasteiger charge is -2.09. The van der Waals surface area contributed by atoms with Crippen LogP contribution in [0.25, 0.3) is 0 Å². The van der Waals surface area contributed by atoms with E-state index in [1.54, 1.807) is 13.0 Å². The summed E-state index contributed by atoms with van der Waals surface area (Å²) in [5, 5.41) is 14.9. The van der Waals surface area contributed by atoms with Gasteiger partial charge in [0.25, 0.3) is 0 Å². The highest BCUT2D eigenvalue weighted by atomic mass is 35.5. The van der Waals surface area contributed by atoms with E-state index in [0.717, 1.165) is 0 Å². The van der Waals surface area contributed by atoms with E-state index >= 15 is 0 Å². The molecule has 1 aromatic carbocycles. The van der Waals surface area contributed by atoms with Crippen LogP contribution in [0.1, 0.15) is 25.8 Å². The van der Waals surface area contributed by atoms with Crippen molar-refractivity contribution in [3.8, 4) is 5.75 Å². The second-order valence-electron chi connectivity index (χ2n) is 4.85. The summed E-state index contributed by atoms with van der Waals surface area (Å²) in [5.74, 6) is -2.54. The van der Waals surface area contributed by atoms with Gasteiger partial charge >= 0.3 is 17.8 Å². The lowest BCUT2D eigenvalue weighted by Crippen LogP contribution is -2.41. The molecule has 3 N–H and O–H groups in total. The van der Waals surface area contributed by atoms with Crippen molar-refractivity contribution in [1.29, 1.82) is 0 Å². The molecule has 0 fully saturated rings. The number of ether oxygens (including phenoxy) is 1. The highest BCUT2D eigenvalue weighted by Crippen LogP contribution is 2.24. The molecule has 0 radical (unpaired) electrons. The van der Waals surface area contributed by atoms with Gasteiger partial charge in [-0.3, -0.25) is 9.59 Å².